The predicted molar refractivity (Wildman–Crippen MR) is 116 cm³/mol. The van der Waals surface area contributed by atoms with Crippen molar-refractivity contribution >= 4 is 22.6 Å². The molecule has 3 aromatic heterocycles. The number of nitrogens with one attached hydrogen (secondary N) is 2. The molecule has 0 bridgehead atoms. The van der Waals surface area contributed by atoms with Gasteiger partial charge in [-0.25, -0.2) is 18.7 Å². The van der Waals surface area contributed by atoms with Crippen LogP contribution >= 0.6 is 0 Å². The van der Waals surface area contributed by atoms with Gasteiger partial charge in [0.2, 0.25) is 0 Å². The van der Waals surface area contributed by atoms with E-state index in [0.717, 1.165) is 5.39 Å². The quantitative estimate of drug-likeness (QED) is 0.494. The molecule has 0 aromatic carbocycles. The lowest BCUT2D eigenvalue weighted by Crippen LogP contribution is -2.42. The summed E-state index contributed by atoms with van der Waals surface area (Å²) in [5.74, 6) is -0.194. The predicted octanol–water partition coefficient (Wildman–Crippen LogP) is 2.90. The van der Waals surface area contributed by atoms with Gasteiger partial charge in [-0.15, -0.1) is 0 Å². The van der Waals surface area contributed by atoms with Crippen molar-refractivity contribution in [3.05, 3.63) is 47.9 Å². The van der Waals surface area contributed by atoms with E-state index in [0.29, 0.717) is 22.7 Å². The number of amides is 1. The summed E-state index contributed by atoms with van der Waals surface area (Å²) >= 11 is 0. The van der Waals surface area contributed by atoms with Crippen molar-refractivity contribution in [3.63, 3.8) is 0 Å². The van der Waals surface area contributed by atoms with E-state index in [9.17, 15) is 18.7 Å². The number of nitriles is 1. The zero-order valence-corrected chi connectivity index (χ0v) is 17.9. The number of pyridine rings is 2. The summed E-state index contributed by atoms with van der Waals surface area (Å²) in [5, 5.41) is 24.9. The van der Waals surface area contributed by atoms with Crippen LogP contribution in [-0.2, 0) is 0 Å². The minimum Gasteiger partial charge on any atom is -0.387 e. The van der Waals surface area contributed by atoms with E-state index in [1.807, 2.05) is 6.07 Å². The first-order valence-corrected chi connectivity index (χ1v) is 9.98. The fraction of sp³-hybridized carbons (Fsp3) is 0.364. The lowest BCUT2D eigenvalue weighted by molar-refractivity contribution is -0.00177. The van der Waals surface area contributed by atoms with Gasteiger partial charge in [0.05, 0.1) is 35.0 Å². The number of aromatic nitrogens is 3. The topological polar surface area (TPSA) is 116 Å². The number of nitrogens with zero attached hydrogens (tertiary/aromatic N) is 4. The van der Waals surface area contributed by atoms with Crippen LogP contribution in [-0.4, -0.2) is 56.6 Å². The number of carbonyl (C=O) groups is 1. The summed E-state index contributed by atoms with van der Waals surface area (Å²) < 4.78 is 28.8. The fourth-order valence-corrected chi connectivity index (χ4v) is 2.98. The monoisotopic (exact) mass is 442 g/mol. The molecule has 0 aliphatic heterocycles. The molecule has 3 rings (SSSR count). The maximum absolute atomic E-state index is 14.0. The highest BCUT2D eigenvalue weighted by Gasteiger charge is 2.27. The summed E-state index contributed by atoms with van der Waals surface area (Å²) in [5.41, 5.74) is -0.206. The molecule has 3 N–H and O–H groups in total. The summed E-state index contributed by atoms with van der Waals surface area (Å²) in [6.45, 7) is 3.17. The van der Waals surface area contributed by atoms with E-state index < -0.39 is 36.9 Å². The molecular formula is C22H24F2N6O2. The average molecular weight is 442 g/mol. The molecular weight excluding hydrogens is 418 g/mol. The SMILES string of the molecule is CC(CF)Nc1cc(-n2ccc3cc(C#N)cnc32)ncc1C(=O)NCC(F)C(C)(C)O. The average Bonchev–Trinajstić information content (AvgIpc) is 3.19. The first-order chi connectivity index (χ1) is 15.1. The molecule has 168 valence electrons. The number of alkyl halides is 2. The first kappa shape index (κ1) is 23.1. The second-order valence-electron chi connectivity index (χ2n) is 8.05. The molecule has 32 heavy (non-hydrogen) atoms. The molecule has 0 saturated carbocycles. The van der Waals surface area contributed by atoms with E-state index in [1.54, 1.807) is 35.9 Å². The number of hydrogen-bond acceptors (Lipinski definition) is 6. The number of carbonyl (C=O) groups excluding carboxylic acids is 1. The molecule has 1 amide bonds. The van der Waals surface area contributed by atoms with Crippen LogP contribution in [0.4, 0.5) is 14.5 Å². The van der Waals surface area contributed by atoms with Gasteiger partial charge < -0.3 is 15.7 Å². The molecule has 0 aliphatic carbocycles. The van der Waals surface area contributed by atoms with Gasteiger partial charge in [0.1, 0.15) is 30.4 Å². The highest BCUT2D eigenvalue weighted by atomic mass is 19.1. The molecule has 0 fully saturated rings. The Bertz CT molecular complexity index is 1170. The summed E-state index contributed by atoms with van der Waals surface area (Å²) in [6, 6.07) is 6.50. The Morgan fingerprint density at radius 3 is 2.75 bits per heavy atom. The Hall–Kier alpha value is -3.58. The normalized spacial score (nSPS) is 13.4. The second-order valence-corrected chi connectivity index (χ2v) is 8.05. The van der Waals surface area contributed by atoms with Gasteiger partial charge in [0.15, 0.2) is 0 Å². The van der Waals surface area contributed by atoms with E-state index in [-0.39, 0.29) is 5.56 Å². The van der Waals surface area contributed by atoms with Crippen molar-refractivity contribution in [2.45, 2.75) is 38.6 Å². The number of fused-ring (bicyclic) bond motifs is 1. The van der Waals surface area contributed by atoms with Crippen LogP contribution in [0.1, 0.15) is 36.7 Å². The van der Waals surface area contributed by atoms with E-state index >= 15 is 0 Å². The second kappa shape index (κ2) is 9.28. The van der Waals surface area contributed by atoms with Crippen LogP contribution in [0.5, 0.6) is 0 Å². The van der Waals surface area contributed by atoms with Crippen LogP contribution in [0.2, 0.25) is 0 Å². The van der Waals surface area contributed by atoms with Crippen molar-refractivity contribution in [1.29, 1.82) is 5.26 Å². The van der Waals surface area contributed by atoms with Gasteiger partial charge in [-0.2, -0.15) is 5.26 Å². The molecule has 0 aliphatic rings. The number of rotatable bonds is 8. The van der Waals surface area contributed by atoms with Gasteiger partial charge in [-0.05, 0) is 32.9 Å². The molecule has 0 radical (unpaired) electrons. The Labute approximate surface area is 183 Å². The van der Waals surface area contributed by atoms with Crippen LogP contribution in [0.3, 0.4) is 0 Å². The Balaban J connectivity index is 1.95. The molecule has 0 saturated heterocycles. The lowest BCUT2D eigenvalue weighted by Gasteiger charge is -2.23. The maximum atomic E-state index is 14.0. The van der Waals surface area contributed by atoms with Crippen LogP contribution in [0.25, 0.3) is 16.9 Å². The molecule has 0 spiro atoms. The van der Waals surface area contributed by atoms with E-state index in [1.165, 1.54) is 26.2 Å². The molecule has 10 heteroatoms. The van der Waals surface area contributed by atoms with Crippen molar-refractivity contribution in [1.82, 2.24) is 19.9 Å². The molecule has 3 aromatic rings. The zero-order chi connectivity index (χ0) is 23.5. The molecule has 8 nitrogen and oxygen atoms in total. The Kier molecular flexibility index (Phi) is 6.69. The van der Waals surface area contributed by atoms with Crippen molar-refractivity contribution in [3.8, 4) is 11.9 Å². The molecule has 2 unspecified atom stereocenters. The van der Waals surface area contributed by atoms with Gasteiger partial charge >= 0.3 is 0 Å². The molecule has 3 heterocycles. The maximum Gasteiger partial charge on any atom is 0.255 e. The van der Waals surface area contributed by atoms with Crippen LogP contribution in [0, 0.1) is 11.3 Å². The highest BCUT2D eigenvalue weighted by molar-refractivity contribution is 5.99. The Morgan fingerprint density at radius 1 is 1.34 bits per heavy atom. The van der Waals surface area contributed by atoms with Crippen LogP contribution in [0.15, 0.2) is 36.8 Å². The van der Waals surface area contributed by atoms with Crippen molar-refractivity contribution in [2.24, 2.45) is 0 Å². The number of anilines is 1. The summed E-state index contributed by atoms with van der Waals surface area (Å²) in [6.07, 6.45) is 2.81. The number of hydrogen-bond donors (Lipinski definition) is 3. The first-order valence-electron chi connectivity index (χ1n) is 9.98. The van der Waals surface area contributed by atoms with Crippen LogP contribution < -0.4 is 10.6 Å². The summed E-state index contributed by atoms with van der Waals surface area (Å²) in [4.78, 5) is 21.3. The number of halogens is 2. The zero-order valence-electron chi connectivity index (χ0n) is 17.9. The third kappa shape index (κ3) is 5.00. The van der Waals surface area contributed by atoms with Gasteiger partial charge in [-0.1, -0.05) is 0 Å². The van der Waals surface area contributed by atoms with Crippen molar-refractivity contribution < 1.29 is 18.7 Å². The standard InChI is InChI=1S/C22H24F2N6O2/c1-13(8-23)29-17-7-19(30-5-4-15-6-14(9-25)10-27-20(15)30)26-11-16(17)21(31)28-12-18(24)22(2,3)32/h4-7,10-11,13,18,32H,8,12H2,1-3H3,(H,26,29)(H,28,31). The highest BCUT2D eigenvalue weighted by Crippen LogP contribution is 2.23. The van der Waals surface area contributed by atoms with Gasteiger partial charge in [0, 0.05) is 30.0 Å². The van der Waals surface area contributed by atoms with Crippen molar-refractivity contribution in [2.75, 3.05) is 18.5 Å². The third-order valence-corrected chi connectivity index (χ3v) is 4.88. The smallest absolute Gasteiger partial charge is 0.255 e. The Morgan fingerprint density at radius 2 is 2.09 bits per heavy atom. The van der Waals surface area contributed by atoms with Gasteiger partial charge in [-0.3, -0.25) is 9.36 Å². The van der Waals surface area contributed by atoms with E-state index in [4.69, 9.17) is 5.26 Å². The lowest BCUT2D eigenvalue weighted by atomic mass is 10.0. The van der Waals surface area contributed by atoms with E-state index in [2.05, 4.69) is 20.6 Å². The third-order valence-electron chi connectivity index (χ3n) is 4.88. The van der Waals surface area contributed by atoms with Gasteiger partial charge in [0.25, 0.3) is 5.91 Å². The fourth-order valence-electron chi connectivity index (χ4n) is 2.98. The minimum atomic E-state index is -1.67. The largest absolute Gasteiger partial charge is 0.387 e. The summed E-state index contributed by atoms with van der Waals surface area (Å²) in [7, 11) is 0. The minimum absolute atomic E-state index is 0.105. The molecule has 2 atom stereocenters. The number of aliphatic hydroxyl groups is 1.